The predicted molar refractivity (Wildman–Crippen MR) is 88.5 cm³/mol. The molecule has 25 heavy (non-hydrogen) atoms. The Hall–Kier alpha value is -3.38. The Morgan fingerprint density at radius 1 is 1.36 bits per heavy atom. The maximum atomic E-state index is 12.2. The smallest absolute Gasteiger partial charge is 0.413 e. The number of carbonyl (C=O) groups is 3. The summed E-state index contributed by atoms with van der Waals surface area (Å²) in [5, 5.41) is 20.4. The number of ether oxygens (including phenoxy) is 1. The van der Waals surface area contributed by atoms with Gasteiger partial charge in [-0.05, 0) is 31.2 Å². The van der Waals surface area contributed by atoms with Crippen molar-refractivity contribution < 1.29 is 24.2 Å². The number of anilines is 1. The van der Waals surface area contributed by atoms with E-state index in [9.17, 15) is 14.4 Å². The van der Waals surface area contributed by atoms with Crippen LogP contribution in [0.4, 0.5) is 10.5 Å². The van der Waals surface area contributed by atoms with Crippen molar-refractivity contribution in [3.63, 3.8) is 0 Å². The summed E-state index contributed by atoms with van der Waals surface area (Å²) in [6.07, 6.45) is 0.338. The van der Waals surface area contributed by atoms with Gasteiger partial charge in [0.1, 0.15) is 11.6 Å². The average Bonchev–Trinajstić information content (AvgIpc) is 2.59. The van der Waals surface area contributed by atoms with Crippen LogP contribution in [0.25, 0.3) is 0 Å². The molecule has 2 amide bonds. The van der Waals surface area contributed by atoms with Gasteiger partial charge in [0.2, 0.25) is 0 Å². The highest BCUT2D eigenvalue weighted by Gasteiger charge is 2.16. The minimum Gasteiger partial charge on any atom is -0.478 e. The van der Waals surface area contributed by atoms with Gasteiger partial charge in [-0.15, -0.1) is 0 Å². The Morgan fingerprint density at radius 2 is 2.00 bits per heavy atom. The van der Waals surface area contributed by atoms with Crippen LogP contribution < -0.4 is 11.1 Å². The number of nitriles is 1. The number of nitrogens with zero attached hydrogens (tertiary/aromatic N) is 2. The van der Waals surface area contributed by atoms with Gasteiger partial charge in [-0.25, -0.2) is 9.59 Å². The second-order valence-corrected chi connectivity index (χ2v) is 4.67. The predicted octanol–water partition coefficient (Wildman–Crippen LogP) is 1.15. The molecular weight excluding hydrogens is 328 g/mol. The molecule has 1 aromatic rings. The van der Waals surface area contributed by atoms with Gasteiger partial charge < -0.3 is 20.9 Å². The highest BCUT2D eigenvalue weighted by atomic mass is 16.6. The lowest BCUT2D eigenvalue weighted by molar-refractivity contribution is -0.112. The summed E-state index contributed by atoms with van der Waals surface area (Å²) in [6.45, 7) is 1.95. The minimum absolute atomic E-state index is 0.0606. The monoisotopic (exact) mass is 346 g/mol. The van der Waals surface area contributed by atoms with Gasteiger partial charge in [-0.2, -0.15) is 5.26 Å². The quantitative estimate of drug-likeness (QED) is 0.496. The van der Waals surface area contributed by atoms with Crippen LogP contribution in [0.5, 0.6) is 0 Å². The van der Waals surface area contributed by atoms with Crippen molar-refractivity contribution in [2.24, 2.45) is 5.73 Å². The Labute approximate surface area is 144 Å². The van der Waals surface area contributed by atoms with Gasteiger partial charge in [0.25, 0.3) is 5.91 Å². The molecule has 0 heterocycles. The topological polar surface area (TPSA) is 146 Å². The number of nitrogens with one attached hydrogen (secondary N) is 1. The van der Waals surface area contributed by atoms with Crippen LogP contribution in [0.2, 0.25) is 0 Å². The third-order valence-electron chi connectivity index (χ3n) is 2.91. The average molecular weight is 346 g/mol. The van der Waals surface area contributed by atoms with Crippen LogP contribution >= 0.6 is 0 Å². The first-order valence-corrected chi connectivity index (χ1v) is 7.33. The Morgan fingerprint density at radius 3 is 2.48 bits per heavy atom. The number of nitrogens with two attached hydrogens (primary N) is 1. The summed E-state index contributed by atoms with van der Waals surface area (Å²) in [4.78, 5) is 35.8. The maximum Gasteiger partial charge on any atom is 0.413 e. The Kier molecular flexibility index (Phi) is 7.62. The molecular formula is C16H18N4O5. The molecule has 9 heteroatoms. The van der Waals surface area contributed by atoms with E-state index in [1.54, 1.807) is 13.0 Å². The van der Waals surface area contributed by atoms with Crippen LogP contribution in [0.15, 0.2) is 36.0 Å². The molecule has 1 aromatic carbocycles. The van der Waals surface area contributed by atoms with Crippen LogP contribution in [0.1, 0.15) is 17.3 Å². The zero-order chi connectivity index (χ0) is 18.8. The largest absolute Gasteiger partial charge is 0.478 e. The first-order valence-electron chi connectivity index (χ1n) is 7.33. The maximum absolute atomic E-state index is 12.2. The van der Waals surface area contributed by atoms with Gasteiger partial charge in [-0.1, -0.05) is 0 Å². The molecule has 4 N–H and O–H groups in total. The van der Waals surface area contributed by atoms with Crippen LogP contribution in [-0.4, -0.2) is 47.7 Å². The molecule has 0 bridgehead atoms. The molecule has 0 fully saturated rings. The van der Waals surface area contributed by atoms with Gasteiger partial charge in [-0.3, -0.25) is 9.69 Å². The lowest BCUT2D eigenvalue weighted by Crippen LogP contribution is -2.32. The highest BCUT2D eigenvalue weighted by Crippen LogP contribution is 2.11. The molecule has 132 valence electrons. The summed E-state index contributed by atoms with van der Waals surface area (Å²) in [5.41, 5.74) is 5.44. The summed E-state index contributed by atoms with van der Waals surface area (Å²) in [6, 6.07) is 7.10. The van der Waals surface area contributed by atoms with E-state index in [1.807, 2.05) is 0 Å². The van der Waals surface area contributed by atoms with E-state index in [1.165, 1.54) is 24.3 Å². The molecule has 0 spiro atoms. The summed E-state index contributed by atoms with van der Waals surface area (Å²) < 4.78 is 4.83. The molecule has 0 aromatic heterocycles. The number of carbonyl (C=O) groups excluding carboxylic acids is 2. The first kappa shape index (κ1) is 19.7. The molecule has 0 saturated heterocycles. The number of hydrogen-bond acceptors (Lipinski definition) is 6. The van der Waals surface area contributed by atoms with Gasteiger partial charge >= 0.3 is 12.1 Å². The van der Waals surface area contributed by atoms with E-state index < -0.39 is 18.0 Å². The zero-order valence-corrected chi connectivity index (χ0v) is 13.6. The van der Waals surface area contributed by atoms with Crippen molar-refractivity contribution in [1.82, 2.24) is 4.90 Å². The zero-order valence-electron chi connectivity index (χ0n) is 13.6. The molecule has 0 aliphatic heterocycles. The second-order valence-electron chi connectivity index (χ2n) is 4.67. The number of hydrogen-bond donors (Lipinski definition) is 3. The van der Waals surface area contributed by atoms with E-state index in [-0.39, 0.29) is 30.8 Å². The van der Waals surface area contributed by atoms with Crippen LogP contribution in [0.3, 0.4) is 0 Å². The fourth-order valence-corrected chi connectivity index (χ4v) is 1.74. The number of carboxylic acids is 1. The van der Waals surface area contributed by atoms with E-state index in [0.29, 0.717) is 5.69 Å². The molecule has 0 aliphatic carbocycles. The van der Waals surface area contributed by atoms with Crippen molar-refractivity contribution in [1.29, 1.82) is 5.26 Å². The molecule has 0 radical (unpaired) electrons. The molecule has 0 atom stereocenters. The lowest BCUT2D eigenvalue weighted by Gasteiger charge is -2.17. The minimum atomic E-state index is -1.10. The number of aromatic carboxylic acids is 1. The number of carboxylic acid groups (broad SMARTS) is 1. The van der Waals surface area contributed by atoms with Crippen molar-refractivity contribution in [2.75, 3.05) is 25.0 Å². The highest BCUT2D eigenvalue weighted by molar-refractivity contribution is 6.06. The molecule has 0 unspecified atom stereocenters. The SMILES string of the molecule is CCOC(=O)N(/C=C(/C#N)C(=O)Nc1ccc(C(=O)O)cc1)CCN. The third-order valence-corrected chi connectivity index (χ3v) is 2.91. The first-order chi connectivity index (χ1) is 11.9. The van der Waals surface area contributed by atoms with E-state index in [2.05, 4.69) is 5.32 Å². The third kappa shape index (κ3) is 5.96. The van der Waals surface area contributed by atoms with Gasteiger partial charge in [0.15, 0.2) is 0 Å². The summed E-state index contributed by atoms with van der Waals surface area (Å²) in [5.74, 6) is -1.85. The molecule has 0 aliphatic rings. The second kappa shape index (κ2) is 9.69. The Balaban J connectivity index is 2.92. The number of benzene rings is 1. The van der Waals surface area contributed by atoms with E-state index >= 15 is 0 Å². The van der Waals surface area contributed by atoms with Crippen LogP contribution in [0, 0.1) is 11.3 Å². The van der Waals surface area contributed by atoms with E-state index in [4.69, 9.17) is 20.8 Å². The van der Waals surface area contributed by atoms with Crippen molar-refractivity contribution in [3.8, 4) is 6.07 Å². The fraction of sp³-hybridized carbons (Fsp3) is 0.250. The lowest BCUT2D eigenvalue weighted by atomic mass is 10.2. The standard InChI is InChI=1S/C16H18N4O5/c1-2-25-16(24)20(8-7-17)10-12(9-18)14(21)19-13-5-3-11(4-6-13)15(22)23/h3-6,10H,2,7-8,17H2,1H3,(H,19,21)(H,22,23)/b12-10-. The van der Waals surface area contributed by atoms with Crippen molar-refractivity contribution in [2.45, 2.75) is 6.92 Å². The summed E-state index contributed by atoms with van der Waals surface area (Å²) in [7, 11) is 0. The number of amides is 2. The number of rotatable bonds is 7. The molecule has 9 nitrogen and oxygen atoms in total. The summed E-state index contributed by atoms with van der Waals surface area (Å²) >= 11 is 0. The van der Waals surface area contributed by atoms with Crippen LogP contribution in [-0.2, 0) is 9.53 Å². The normalized spacial score (nSPS) is 10.5. The molecule has 1 rings (SSSR count). The Bertz CT molecular complexity index is 706. The van der Waals surface area contributed by atoms with Crippen molar-refractivity contribution in [3.05, 3.63) is 41.6 Å². The van der Waals surface area contributed by atoms with Gasteiger partial charge in [0.05, 0.1) is 12.2 Å². The van der Waals surface area contributed by atoms with Gasteiger partial charge in [0, 0.05) is 25.0 Å². The van der Waals surface area contributed by atoms with E-state index in [0.717, 1.165) is 11.1 Å². The fourth-order valence-electron chi connectivity index (χ4n) is 1.74. The molecule has 0 saturated carbocycles. The van der Waals surface area contributed by atoms with Crippen molar-refractivity contribution >= 4 is 23.7 Å².